The van der Waals surface area contributed by atoms with Gasteiger partial charge in [-0.25, -0.2) is 8.42 Å². The minimum absolute atomic E-state index is 0.0501. The molecule has 106 valence electrons. The first-order valence-electron chi connectivity index (χ1n) is 6.58. The number of rotatable bonds is 5. The fraction of sp³-hybridized carbons (Fsp3) is 0.538. The normalized spacial score (nSPS) is 20.1. The monoisotopic (exact) mass is 284 g/mol. The summed E-state index contributed by atoms with van der Waals surface area (Å²) in [6, 6.07) is 6.43. The predicted molar refractivity (Wildman–Crippen MR) is 75.8 cm³/mol. The van der Waals surface area contributed by atoms with Crippen molar-refractivity contribution < 1.29 is 13.5 Å². The van der Waals surface area contributed by atoms with E-state index in [9.17, 15) is 13.5 Å². The van der Waals surface area contributed by atoms with Gasteiger partial charge in [0, 0.05) is 12.1 Å². The van der Waals surface area contributed by atoms with Gasteiger partial charge in [0.05, 0.1) is 11.4 Å². The molecule has 2 rings (SSSR count). The summed E-state index contributed by atoms with van der Waals surface area (Å²) in [5.41, 5.74) is 0.400. The van der Waals surface area contributed by atoms with Crippen LogP contribution in [0.5, 0.6) is 5.75 Å². The zero-order chi connectivity index (χ0) is 13.7. The highest BCUT2D eigenvalue weighted by Crippen LogP contribution is 2.17. The first-order chi connectivity index (χ1) is 9.05. The number of aromatic hydroxyl groups is 1. The van der Waals surface area contributed by atoms with E-state index in [1.165, 1.54) is 18.6 Å². The zero-order valence-electron chi connectivity index (χ0n) is 10.8. The van der Waals surface area contributed by atoms with E-state index in [1.807, 2.05) is 0 Å². The molecule has 1 unspecified atom stereocenters. The van der Waals surface area contributed by atoms with E-state index in [0.717, 1.165) is 19.4 Å². The summed E-state index contributed by atoms with van der Waals surface area (Å²) in [5.74, 6) is 0.148. The van der Waals surface area contributed by atoms with Gasteiger partial charge in [-0.1, -0.05) is 12.5 Å². The number of anilines is 1. The summed E-state index contributed by atoms with van der Waals surface area (Å²) in [4.78, 5) is 0. The lowest BCUT2D eigenvalue weighted by atomic mass is 10.0. The lowest BCUT2D eigenvalue weighted by Gasteiger charge is -2.23. The van der Waals surface area contributed by atoms with Crippen LogP contribution in [0.2, 0.25) is 0 Å². The van der Waals surface area contributed by atoms with E-state index in [4.69, 9.17) is 0 Å². The maximum Gasteiger partial charge on any atom is 0.232 e. The van der Waals surface area contributed by atoms with Crippen LogP contribution in [0.25, 0.3) is 0 Å². The second-order valence-electron chi connectivity index (χ2n) is 4.91. The van der Waals surface area contributed by atoms with Crippen molar-refractivity contribution in [1.29, 1.82) is 0 Å². The van der Waals surface area contributed by atoms with Crippen LogP contribution in [0.3, 0.4) is 0 Å². The number of hydrogen-bond acceptors (Lipinski definition) is 4. The van der Waals surface area contributed by atoms with Crippen molar-refractivity contribution in [2.24, 2.45) is 0 Å². The fourth-order valence-corrected chi connectivity index (χ4v) is 3.45. The molecule has 1 atom stereocenters. The van der Waals surface area contributed by atoms with Gasteiger partial charge in [-0.05, 0) is 37.9 Å². The van der Waals surface area contributed by atoms with Gasteiger partial charge in [0.25, 0.3) is 0 Å². The molecule has 1 aliphatic rings. The molecule has 1 aromatic rings. The Morgan fingerprint density at radius 1 is 1.37 bits per heavy atom. The third-order valence-electron chi connectivity index (χ3n) is 3.27. The maximum absolute atomic E-state index is 11.9. The van der Waals surface area contributed by atoms with Crippen LogP contribution in [0, 0.1) is 0 Å². The molecule has 6 heteroatoms. The maximum atomic E-state index is 11.9. The van der Waals surface area contributed by atoms with Crippen LogP contribution >= 0.6 is 0 Å². The van der Waals surface area contributed by atoms with Gasteiger partial charge in [-0.2, -0.15) is 0 Å². The number of benzene rings is 1. The minimum Gasteiger partial charge on any atom is -0.508 e. The van der Waals surface area contributed by atoms with Gasteiger partial charge < -0.3 is 10.4 Å². The highest BCUT2D eigenvalue weighted by atomic mass is 32.2. The van der Waals surface area contributed by atoms with E-state index in [1.54, 1.807) is 12.1 Å². The van der Waals surface area contributed by atoms with Crippen molar-refractivity contribution in [1.82, 2.24) is 5.32 Å². The third-order valence-corrected chi connectivity index (χ3v) is 4.59. The minimum atomic E-state index is -3.35. The molecule has 1 saturated heterocycles. The van der Waals surface area contributed by atoms with E-state index < -0.39 is 10.0 Å². The van der Waals surface area contributed by atoms with Crippen molar-refractivity contribution >= 4 is 15.7 Å². The van der Waals surface area contributed by atoms with Gasteiger partial charge in [0.2, 0.25) is 10.0 Å². The van der Waals surface area contributed by atoms with Crippen molar-refractivity contribution in [2.75, 3.05) is 17.0 Å². The number of phenolic OH excluding ortho intramolecular Hbond substituents is 1. The Hall–Kier alpha value is -1.27. The lowest BCUT2D eigenvalue weighted by molar-refractivity contribution is 0.393. The molecule has 1 aliphatic heterocycles. The number of nitrogens with one attached hydrogen (secondary N) is 2. The predicted octanol–water partition coefficient (Wildman–Crippen LogP) is 1.67. The Morgan fingerprint density at radius 3 is 2.89 bits per heavy atom. The molecule has 0 saturated carbocycles. The molecule has 0 radical (unpaired) electrons. The average Bonchev–Trinajstić information content (AvgIpc) is 2.37. The topological polar surface area (TPSA) is 78.4 Å². The van der Waals surface area contributed by atoms with E-state index in [-0.39, 0.29) is 11.5 Å². The largest absolute Gasteiger partial charge is 0.508 e. The van der Waals surface area contributed by atoms with Gasteiger partial charge in [-0.15, -0.1) is 0 Å². The molecule has 0 bridgehead atoms. The Labute approximate surface area is 114 Å². The molecule has 1 heterocycles. The molecule has 3 N–H and O–H groups in total. The molecule has 0 spiro atoms. The number of sulfonamides is 1. The van der Waals surface area contributed by atoms with Crippen LogP contribution in [0.1, 0.15) is 25.7 Å². The summed E-state index contributed by atoms with van der Waals surface area (Å²) in [5, 5.41) is 12.6. The molecule has 0 aliphatic carbocycles. The van der Waals surface area contributed by atoms with Crippen LogP contribution < -0.4 is 10.0 Å². The van der Waals surface area contributed by atoms with Crippen molar-refractivity contribution in [2.45, 2.75) is 31.7 Å². The Balaban J connectivity index is 1.87. The van der Waals surface area contributed by atoms with Gasteiger partial charge in [0.15, 0.2) is 0 Å². The van der Waals surface area contributed by atoms with E-state index >= 15 is 0 Å². The van der Waals surface area contributed by atoms with Gasteiger partial charge in [-0.3, -0.25) is 4.72 Å². The molecule has 1 aromatic carbocycles. The Bertz CT molecular complexity index is 510. The molecule has 0 aromatic heterocycles. The summed E-state index contributed by atoms with van der Waals surface area (Å²) in [6.07, 6.45) is 4.00. The standard InChI is InChI=1S/C13H20N2O3S/c16-13-6-3-5-12(10-13)15-19(17,18)9-7-11-4-1-2-8-14-11/h3,5-6,10-11,14-16H,1-2,4,7-9H2. The summed E-state index contributed by atoms with van der Waals surface area (Å²) in [7, 11) is -3.35. The number of piperidine rings is 1. The summed E-state index contributed by atoms with van der Waals surface area (Å²) >= 11 is 0. The highest BCUT2D eigenvalue weighted by Gasteiger charge is 2.17. The number of phenols is 1. The average molecular weight is 284 g/mol. The highest BCUT2D eigenvalue weighted by molar-refractivity contribution is 7.92. The van der Waals surface area contributed by atoms with E-state index in [2.05, 4.69) is 10.0 Å². The third kappa shape index (κ3) is 4.72. The Kier molecular flexibility index (Phi) is 4.66. The second-order valence-corrected chi connectivity index (χ2v) is 6.75. The zero-order valence-corrected chi connectivity index (χ0v) is 11.6. The molecule has 19 heavy (non-hydrogen) atoms. The van der Waals surface area contributed by atoms with Crippen molar-refractivity contribution in [3.63, 3.8) is 0 Å². The SMILES string of the molecule is O=S(=O)(CCC1CCCCN1)Nc1cccc(O)c1. The second kappa shape index (κ2) is 6.25. The van der Waals surface area contributed by atoms with Crippen LogP contribution in [0.4, 0.5) is 5.69 Å². The van der Waals surface area contributed by atoms with Crippen molar-refractivity contribution in [3.05, 3.63) is 24.3 Å². The van der Waals surface area contributed by atoms with Crippen LogP contribution in [0.15, 0.2) is 24.3 Å². The fourth-order valence-electron chi connectivity index (χ4n) is 2.27. The molecule has 1 fully saturated rings. The lowest BCUT2D eigenvalue weighted by Crippen LogP contribution is -2.36. The molecular formula is C13H20N2O3S. The van der Waals surface area contributed by atoms with E-state index in [0.29, 0.717) is 18.2 Å². The van der Waals surface area contributed by atoms with Gasteiger partial charge in [0.1, 0.15) is 5.75 Å². The summed E-state index contributed by atoms with van der Waals surface area (Å²) in [6.45, 7) is 0.977. The quantitative estimate of drug-likeness (QED) is 0.768. The smallest absolute Gasteiger partial charge is 0.232 e. The summed E-state index contributed by atoms with van der Waals surface area (Å²) < 4.78 is 26.3. The van der Waals surface area contributed by atoms with Gasteiger partial charge >= 0.3 is 0 Å². The van der Waals surface area contributed by atoms with Crippen molar-refractivity contribution in [3.8, 4) is 5.75 Å². The molecular weight excluding hydrogens is 264 g/mol. The number of hydrogen-bond donors (Lipinski definition) is 3. The first-order valence-corrected chi connectivity index (χ1v) is 8.23. The molecule has 5 nitrogen and oxygen atoms in total. The van der Waals surface area contributed by atoms with Crippen LogP contribution in [-0.4, -0.2) is 31.9 Å². The first kappa shape index (κ1) is 14.1. The molecule has 0 amide bonds. The Morgan fingerprint density at radius 2 is 2.21 bits per heavy atom. The van der Waals surface area contributed by atoms with Crippen LogP contribution in [-0.2, 0) is 10.0 Å².